The Morgan fingerprint density at radius 1 is 0.432 bits per heavy atom. The van der Waals surface area contributed by atoms with Gasteiger partial charge in [-0.2, -0.15) is 0 Å². The average Bonchev–Trinajstić information content (AvgIpc) is 3.71. The zero-order chi connectivity index (χ0) is 33.4. The smallest absolute Gasteiger partial charge is 0.164 e. The van der Waals surface area contributed by atoms with Crippen molar-refractivity contribution in [2.24, 2.45) is 0 Å². The number of furan rings is 2. The number of aromatic nitrogens is 3. The van der Waals surface area contributed by atoms with Crippen LogP contribution in [0.1, 0.15) is 6.85 Å². The van der Waals surface area contributed by atoms with E-state index in [0.717, 1.165) is 49.4 Å². The van der Waals surface area contributed by atoms with Crippen LogP contribution in [0.25, 0.3) is 89.2 Å². The molecule has 3 aromatic heterocycles. The number of hydrogen-bond donors (Lipinski definition) is 0. The molecule has 0 aliphatic heterocycles. The number of nitrogens with zero attached hydrogens (tertiary/aromatic N) is 3. The predicted molar refractivity (Wildman–Crippen MR) is 176 cm³/mol. The zero-order valence-corrected chi connectivity index (χ0v) is 23.1. The van der Waals surface area contributed by atoms with Gasteiger partial charge in [0.15, 0.2) is 17.5 Å². The van der Waals surface area contributed by atoms with Crippen LogP contribution in [-0.2, 0) is 0 Å². The van der Waals surface area contributed by atoms with Gasteiger partial charge in [0, 0.05) is 38.2 Å². The first kappa shape index (κ1) is 19.9. The summed E-state index contributed by atoms with van der Waals surface area (Å²) in [5.41, 5.74) is 5.56. The molecule has 0 saturated carbocycles. The molecule has 9 aromatic rings. The first-order chi connectivity index (χ1) is 23.9. The second kappa shape index (κ2) is 9.75. The van der Waals surface area contributed by atoms with Gasteiger partial charge in [-0.1, -0.05) is 103 Å². The first-order valence-corrected chi connectivity index (χ1v) is 14.1. The van der Waals surface area contributed by atoms with Crippen LogP contribution in [0.4, 0.5) is 0 Å². The van der Waals surface area contributed by atoms with E-state index in [1.807, 2.05) is 97.1 Å². The molecule has 5 heteroatoms. The van der Waals surface area contributed by atoms with Crippen molar-refractivity contribution in [3.8, 4) is 45.3 Å². The van der Waals surface area contributed by atoms with Gasteiger partial charge in [0.2, 0.25) is 0 Å². The van der Waals surface area contributed by atoms with E-state index in [2.05, 4.69) is 0 Å². The van der Waals surface area contributed by atoms with Gasteiger partial charge in [-0.3, -0.25) is 0 Å². The maximum Gasteiger partial charge on any atom is 0.164 e. The molecule has 3 heterocycles. The number of fused-ring (bicyclic) bond motifs is 6. The molecule has 0 saturated heterocycles. The lowest BCUT2D eigenvalue weighted by Crippen LogP contribution is -2.00. The Hall–Kier alpha value is -6.07. The molecule has 0 aliphatic rings. The zero-order valence-electron chi connectivity index (χ0n) is 28.1. The average molecular weight is 571 g/mol. The molecule has 0 aliphatic carbocycles. The minimum absolute atomic E-state index is 0.115. The molecule has 5 nitrogen and oxygen atoms in total. The van der Waals surface area contributed by atoms with Gasteiger partial charge in [-0.15, -0.1) is 0 Å². The summed E-state index contributed by atoms with van der Waals surface area (Å²) in [4.78, 5) is 14.9. The number of para-hydroxylation sites is 1. The molecule has 0 spiro atoms. The molecule has 44 heavy (non-hydrogen) atoms. The molecule has 0 radical (unpaired) electrons. The largest absolute Gasteiger partial charge is 0.456 e. The highest BCUT2D eigenvalue weighted by Crippen LogP contribution is 2.38. The van der Waals surface area contributed by atoms with Crippen LogP contribution in [0.5, 0.6) is 0 Å². The number of rotatable bonds is 4. The molecule has 0 unspecified atom stereocenters. The van der Waals surface area contributed by atoms with Crippen LogP contribution < -0.4 is 0 Å². The Labute approximate surface area is 259 Å². The lowest BCUT2D eigenvalue weighted by molar-refractivity contribution is 0.668. The van der Waals surface area contributed by atoms with Gasteiger partial charge in [0.25, 0.3) is 0 Å². The van der Waals surface area contributed by atoms with Gasteiger partial charge in [-0.05, 0) is 47.5 Å². The summed E-state index contributed by atoms with van der Waals surface area (Å²) in [7, 11) is 0. The highest BCUT2D eigenvalue weighted by atomic mass is 16.3. The van der Waals surface area contributed by atoms with Crippen LogP contribution in [0.2, 0.25) is 0 Å². The van der Waals surface area contributed by atoms with Crippen LogP contribution in [0.15, 0.2) is 148 Å². The highest BCUT2D eigenvalue weighted by Gasteiger charge is 2.19. The van der Waals surface area contributed by atoms with Gasteiger partial charge in [0.05, 0.1) is 6.85 Å². The van der Waals surface area contributed by atoms with Gasteiger partial charge in [-0.25, -0.2) is 15.0 Å². The molecular weight excluding hydrogens is 542 g/mol. The molecule has 0 atom stereocenters. The number of hydrogen-bond acceptors (Lipinski definition) is 5. The fourth-order valence-corrected chi connectivity index (χ4v) is 5.77. The Kier molecular flexibility index (Phi) is 4.42. The lowest BCUT2D eigenvalue weighted by Gasteiger charge is -2.09. The molecule has 9 rings (SSSR count). The summed E-state index contributed by atoms with van der Waals surface area (Å²) in [6.07, 6.45) is 0. The Balaban J connectivity index is 1.24. The SMILES string of the molecule is [2H]c1c([2H])c([2H])c(-c2ccc3c(c2)oc2cccc(-c4nc(-c5ccccc5)nc(-c5ccc6c(c5)oc5ccccc56)n4)c23)c([2H])c1[2H]. The summed E-state index contributed by atoms with van der Waals surface area (Å²) in [5, 5.41) is 3.61. The molecule has 0 bridgehead atoms. The molecular formula is C39H23N3O2. The molecule has 0 amide bonds. The standard InChI is InChI=1S/C39H23N3O2/c1-3-10-24(11-4-1)26-18-21-30-35(22-26)44-33-17-9-15-31(36(30)33)39-41-37(25-12-5-2-6-13-25)40-38(42-39)27-19-20-29-28-14-7-8-16-32(28)43-34(29)23-27/h1-23H/i1D,3D,4D,10D,11D. The topological polar surface area (TPSA) is 65.0 Å². The van der Waals surface area contributed by atoms with Crippen molar-refractivity contribution in [2.75, 3.05) is 0 Å². The van der Waals surface area contributed by atoms with Crippen LogP contribution in [-0.4, -0.2) is 15.0 Å². The van der Waals surface area contributed by atoms with Crippen molar-refractivity contribution in [1.82, 2.24) is 15.0 Å². The van der Waals surface area contributed by atoms with Crippen molar-refractivity contribution in [2.45, 2.75) is 0 Å². The second-order valence-electron chi connectivity index (χ2n) is 10.5. The normalized spacial score (nSPS) is 13.2. The molecule has 6 aromatic carbocycles. The van der Waals surface area contributed by atoms with E-state index < -0.39 is 6.04 Å². The van der Waals surface area contributed by atoms with Crippen LogP contribution >= 0.6 is 0 Å². The maximum atomic E-state index is 8.46. The summed E-state index contributed by atoms with van der Waals surface area (Å²) >= 11 is 0. The van der Waals surface area contributed by atoms with Gasteiger partial charge >= 0.3 is 0 Å². The Bertz CT molecular complexity index is 2760. The third-order valence-electron chi connectivity index (χ3n) is 7.83. The second-order valence-corrected chi connectivity index (χ2v) is 10.5. The molecule has 0 N–H and O–H groups in total. The van der Waals surface area contributed by atoms with Crippen molar-refractivity contribution in [3.63, 3.8) is 0 Å². The fourth-order valence-electron chi connectivity index (χ4n) is 5.77. The van der Waals surface area contributed by atoms with E-state index in [-0.39, 0.29) is 29.7 Å². The number of benzene rings is 6. The predicted octanol–water partition coefficient (Wildman–Crippen LogP) is 10.3. The summed E-state index contributed by atoms with van der Waals surface area (Å²) in [6, 6.07) is 32.9. The van der Waals surface area contributed by atoms with Crippen molar-refractivity contribution in [3.05, 3.63) is 139 Å². The monoisotopic (exact) mass is 570 g/mol. The Morgan fingerprint density at radius 3 is 1.95 bits per heavy atom. The third-order valence-corrected chi connectivity index (χ3v) is 7.83. The van der Waals surface area contributed by atoms with E-state index in [4.69, 9.17) is 30.6 Å². The fraction of sp³-hybridized carbons (Fsp3) is 0. The van der Waals surface area contributed by atoms with Gasteiger partial charge in [0.1, 0.15) is 22.3 Å². The van der Waals surface area contributed by atoms with Crippen molar-refractivity contribution in [1.29, 1.82) is 0 Å². The first-order valence-electron chi connectivity index (χ1n) is 16.6. The van der Waals surface area contributed by atoms with Crippen LogP contribution in [0.3, 0.4) is 0 Å². The minimum Gasteiger partial charge on any atom is -0.456 e. The van der Waals surface area contributed by atoms with Gasteiger partial charge < -0.3 is 8.83 Å². The summed E-state index contributed by atoms with van der Waals surface area (Å²) in [6.45, 7) is 0. The van der Waals surface area contributed by atoms with Crippen molar-refractivity contribution >= 4 is 43.9 Å². The lowest BCUT2D eigenvalue weighted by atomic mass is 10.0. The van der Waals surface area contributed by atoms with Crippen LogP contribution in [0, 0.1) is 0 Å². The third kappa shape index (κ3) is 3.98. The maximum absolute atomic E-state index is 8.46. The van der Waals surface area contributed by atoms with E-state index >= 15 is 0 Å². The summed E-state index contributed by atoms with van der Waals surface area (Å²) in [5.74, 6) is 1.45. The van der Waals surface area contributed by atoms with E-state index in [1.165, 1.54) is 0 Å². The van der Waals surface area contributed by atoms with E-state index in [0.29, 0.717) is 34.2 Å². The van der Waals surface area contributed by atoms with E-state index in [9.17, 15) is 0 Å². The van der Waals surface area contributed by atoms with Crippen molar-refractivity contribution < 1.29 is 15.7 Å². The summed E-state index contributed by atoms with van der Waals surface area (Å²) < 4.78 is 53.6. The minimum atomic E-state index is -0.433. The quantitative estimate of drug-likeness (QED) is 0.211. The molecule has 0 fully saturated rings. The molecule has 206 valence electrons. The van der Waals surface area contributed by atoms with E-state index in [1.54, 1.807) is 12.1 Å². The Morgan fingerprint density at radius 2 is 1.07 bits per heavy atom. The highest BCUT2D eigenvalue weighted by molar-refractivity contribution is 6.12.